The van der Waals surface area contributed by atoms with Crippen LogP contribution in [0.2, 0.25) is 0 Å². The van der Waals surface area contributed by atoms with Gasteiger partial charge in [0.15, 0.2) is 5.96 Å². The van der Waals surface area contributed by atoms with Gasteiger partial charge in [-0.1, -0.05) is 20.8 Å². The molecule has 1 aliphatic heterocycles. The molecule has 0 spiro atoms. The van der Waals surface area contributed by atoms with Gasteiger partial charge in [0.05, 0.1) is 11.8 Å². The van der Waals surface area contributed by atoms with E-state index in [1.54, 1.807) is 18.0 Å². The molecule has 6 nitrogen and oxygen atoms in total. The molecular weight excluding hydrogens is 312 g/mol. The minimum atomic E-state index is -0.636. The van der Waals surface area contributed by atoms with Crippen molar-refractivity contribution in [2.24, 2.45) is 4.99 Å². The second-order valence-corrected chi connectivity index (χ2v) is 8.05. The van der Waals surface area contributed by atoms with Crippen molar-refractivity contribution in [2.45, 2.75) is 51.7 Å². The summed E-state index contributed by atoms with van der Waals surface area (Å²) in [6.45, 7) is 9.92. The molecule has 0 radical (unpaired) electrons. The first-order chi connectivity index (χ1) is 10.8. The van der Waals surface area contributed by atoms with Gasteiger partial charge in [0, 0.05) is 24.3 Å². The summed E-state index contributed by atoms with van der Waals surface area (Å²) in [6.07, 6.45) is 2.59. The highest BCUT2D eigenvalue weighted by molar-refractivity contribution is 7.99. The molecule has 0 saturated carbocycles. The lowest BCUT2D eigenvalue weighted by Crippen LogP contribution is -2.47. The first-order valence-corrected chi connectivity index (χ1v) is 9.25. The van der Waals surface area contributed by atoms with E-state index in [2.05, 4.69) is 41.4 Å². The van der Waals surface area contributed by atoms with Crippen LogP contribution in [0.15, 0.2) is 15.6 Å². The van der Waals surface area contributed by atoms with E-state index in [1.165, 1.54) is 0 Å². The van der Waals surface area contributed by atoms with Crippen LogP contribution in [-0.4, -0.2) is 46.2 Å². The number of guanidine groups is 1. The monoisotopic (exact) mass is 340 g/mol. The molecule has 1 fully saturated rings. The molecule has 1 atom stereocenters. The first-order valence-electron chi connectivity index (χ1n) is 8.10. The molecule has 130 valence electrons. The zero-order chi connectivity index (χ0) is 16.9. The summed E-state index contributed by atoms with van der Waals surface area (Å²) < 4.78 is 5.75. The molecule has 0 aliphatic carbocycles. The average Bonchev–Trinajstić information content (AvgIpc) is 3.11. The van der Waals surface area contributed by atoms with Gasteiger partial charge in [-0.05, 0) is 19.1 Å². The van der Waals surface area contributed by atoms with Crippen LogP contribution >= 0.6 is 11.8 Å². The Morgan fingerprint density at radius 3 is 2.83 bits per heavy atom. The zero-order valence-corrected chi connectivity index (χ0v) is 15.3. The van der Waals surface area contributed by atoms with Gasteiger partial charge in [-0.25, -0.2) is 9.98 Å². The van der Waals surface area contributed by atoms with Crippen molar-refractivity contribution in [2.75, 3.05) is 24.6 Å². The number of nitrogens with zero attached hydrogens (tertiary/aromatic N) is 2. The molecule has 1 aromatic rings. The Bertz CT molecular complexity index is 530. The van der Waals surface area contributed by atoms with Crippen molar-refractivity contribution in [1.29, 1.82) is 0 Å². The van der Waals surface area contributed by atoms with Crippen LogP contribution in [0.1, 0.15) is 45.8 Å². The van der Waals surface area contributed by atoms with Crippen molar-refractivity contribution in [3.05, 3.63) is 17.8 Å². The Labute approximate surface area is 142 Å². The summed E-state index contributed by atoms with van der Waals surface area (Å²) in [5.74, 6) is 3.92. The summed E-state index contributed by atoms with van der Waals surface area (Å²) in [5.41, 5.74) is -0.690. The molecule has 1 saturated heterocycles. The van der Waals surface area contributed by atoms with Crippen LogP contribution in [-0.2, 0) is 12.0 Å². The fourth-order valence-electron chi connectivity index (χ4n) is 2.20. The third-order valence-corrected chi connectivity index (χ3v) is 4.91. The van der Waals surface area contributed by atoms with Crippen LogP contribution in [0.5, 0.6) is 0 Å². The number of nitrogens with one attached hydrogen (secondary N) is 2. The number of rotatable bonds is 5. The summed E-state index contributed by atoms with van der Waals surface area (Å²) in [6, 6.07) is 0. The molecule has 1 unspecified atom stereocenters. The molecule has 23 heavy (non-hydrogen) atoms. The van der Waals surface area contributed by atoms with Crippen LogP contribution in [0.3, 0.4) is 0 Å². The Balaban J connectivity index is 1.94. The number of thioether (sulfide) groups is 1. The van der Waals surface area contributed by atoms with E-state index < -0.39 is 5.60 Å². The number of aliphatic imine (C=N–C) groups is 1. The fraction of sp³-hybridized carbons (Fsp3) is 0.750. The van der Waals surface area contributed by atoms with Gasteiger partial charge in [0.1, 0.15) is 12.3 Å². The second kappa shape index (κ2) is 7.57. The van der Waals surface area contributed by atoms with Crippen LogP contribution in [0.25, 0.3) is 0 Å². The van der Waals surface area contributed by atoms with Crippen molar-refractivity contribution >= 4 is 17.7 Å². The van der Waals surface area contributed by atoms with E-state index >= 15 is 0 Å². The molecule has 0 aromatic carbocycles. The molecule has 3 N–H and O–H groups in total. The summed E-state index contributed by atoms with van der Waals surface area (Å²) in [4.78, 5) is 8.78. The maximum atomic E-state index is 10.4. The third kappa shape index (κ3) is 5.42. The van der Waals surface area contributed by atoms with Gasteiger partial charge in [-0.2, -0.15) is 11.8 Å². The molecule has 0 amide bonds. The fourth-order valence-corrected chi connectivity index (χ4v) is 3.50. The lowest BCUT2D eigenvalue weighted by molar-refractivity contribution is 0.0724. The Morgan fingerprint density at radius 1 is 1.48 bits per heavy atom. The van der Waals surface area contributed by atoms with E-state index in [9.17, 15) is 5.11 Å². The molecule has 2 heterocycles. The summed E-state index contributed by atoms with van der Waals surface area (Å²) in [7, 11) is 0. The second-order valence-electron chi connectivity index (χ2n) is 6.94. The van der Waals surface area contributed by atoms with E-state index in [0.29, 0.717) is 24.9 Å². The quantitative estimate of drug-likeness (QED) is 0.561. The number of aromatic nitrogens is 1. The van der Waals surface area contributed by atoms with E-state index in [1.807, 2.05) is 6.92 Å². The van der Waals surface area contributed by atoms with Gasteiger partial charge in [-0.3, -0.25) is 0 Å². The molecule has 1 aliphatic rings. The number of aliphatic hydroxyl groups is 1. The Hall–Kier alpha value is -1.21. The zero-order valence-electron chi connectivity index (χ0n) is 14.5. The highest BCUT2D eigenvalue weighted by atomic mass is 32.2. The molecule has 2 rings (SSSR count). The van der Waals surface area contributed by atoms with Crippen LogP contribution in [0.4, 0.5) is 0 Å². The van der Waals surface area contributed by atoms with Gasteiger partial charge >= 0.3 is 0 Å². The topological polar surface area (TPSA) is 82.7 Å². The lowest BCUT2D eigenvalue weighted by atomic mass is 9.94. The minimum absolute atomic E-state index is 0.0544. The Kier molecular flexibility index (Phi) is 5.97. The number of hydrogen-bond donors (Lipinski definition) is 3. The number of hydrogen-bond acceptors (Lipinski definition) is 5. The largest absolute Gasteiger partial charge is 0.443 e. The lowest BCUT2D eigenvalue weighted by Gasteiger charge is -2.23. The van der Waals surface area contributed by atoms with Crippen molar-refractivity contribution < 1.29 is 9.52 Å². The highest BCUT2D eigenvalue weighted by Crippen LogP contribution is 2.27. The smallest absolute Gasteiger partial charge is 0.216 e. The minimum Gasteiger partial charge on any atom is -0.443 e. The normalized spacial score (nSPS) is 22.4. The van der Waals surface area contributed by atoms with Crippen molar-refractivity contribution in [1.82, 2.24) is 15.6 Å². The molecule has 1 aromatic heterocycles. The first kappa shape index (κ1) is 18.1. The summed E-state index contributed by atoms with van der Waals surface area (Å²) in [5, 5.41) is 16.8. The van der Waals surface area contributed by atoms with E-state index in [4.69, 9.17) is 4.42 Å². The average molecular weight is 340 g/mol. The maximum absolute atomic E-state index is 10.4. The highest BCUT2D eigenvalue weighted by Gasteiger charge is 2.31. The van der Waals surface area contributed by atoms with E-state index in [-0.39, 0.29) is 5.41 Å². The van der Waals surface area contributed by atoms with Gasteiger partial charge in [-0.15, -0.1) is 0 Å². The molecule has 0 bridgehead atoms. The van der Waals surface area contributed by atoms with Crippen molar-refractivity contribution in [3.63, 3.8) is 0 Å². The Morgan fingerprint density at radius 2 is 2.26 bits per heavy atom. The predicted molar refractivity (Wildman–Crippen MR) is 94.9 cm³/mol. The van der Waals surface area contributed by atoms with Crippen LogP contribution in [0, 0.1) is 0 Å². The third-order valence-electron chi connectivity index (χ3n) is 3.68. The molecule has 7 heteroatoms. The predicted octanol–water partition coefficient (Wildman–Crippen LogP) is 1.90. The SMILES string of the molecule is CCNC(=NCc1ncc(C(C)(C)C)o1)NCC1(O)CCSC1. The maximum Gasteiger partial charge on any atom is 0.216 e. The van der Waals surface area contributed by atoms with Crippen LogP contribution < -0.4 is 10.6 Å². The van der Waals surface area contributed by atoms with Gasteiger partial charge in [0.2, 0.25) is 5.89 Å². The van der Waals surface area contributed by atoms with E-state index in [0.717, 1.165) is 30.2 Å². The standard InChI is InChI=1S/C16H28N4O2S/c1-5-17-14(20-10-16(21)6-7-23-11-16)19-9-13-18-8-12(22-13)15(2,3)4/h8,21H,5-7,9-11H2,1-4H3,(H2,17,19,20). The molecular formula is C16H28N4O2S. The number of oxazole rings is 1. The van der Waals surface area contributed by atoms with Gasteiger partial charge < -0.3 is 20.2 Å². The summed E-state index contributed by atoms with van der Waals surface area (Å²) >= 11 is 1.79. The van der Waals surface area contributed by atoms with Gasteiger partial charge in [0.25, 0.3) is 0 Å². The van der Waals surface area contributed by atoms with Crippen molar-refractivity contribution in [3.8, 4) is 0 Å².